The van der Waals surface area contributed by atoms with Gasteiger partial charge in [-0.2, -0.15) is 0 Å². The minimum atomic E-state index is -1.44. The van der Waals surface area contributed by atoms with Crippen molar-refractivity contribution in [2.24, 2.45) is 28.6 Å². The van der Waals surface area contributed by atoms with Crippen molar-refractivity contribution in [2.75, 3.05) is 6.61 Å². The molecule has 0 bridgehead atoms. The molecular weight excluding hydrogens is 412 g/mol. The van der Waals surface area contributed by atoms with Crippen molar-refractivity contribution >= 4 is 17.7 Å². The number of hydrogen-bond donors (Lipinski definition) is 1. The molecule has 32 heavy (non-hydrogen) atoms. The number of Topliss-reactive ketones (excluding diaryl/α,β-unsaturated/α-hetero) is 1. The summed E-state index contributed by atoms with van der Waals surface area (Å²) in [6.45, 7) is 6.83. The first-order valence-electron chi connectivity index (χ1n) is 12.2. The molecule has 7 heteroatoms. The van der Waals surface area contributed by atoms with Gasteiger partial charge in [0.2, 0.25) is 5.78 Å². The van der Waals surface area contributed by atoms with Crippen molar-refractivity contribution in [1.29, 1.82) is 0 Å². The van der Waals surface area contributed by atoms with Crippen LogP contribution in [0.2, 0.25) is 0 Å². The number of epoxide rings is 1. The van der Waals surface area contributed by atoms with Crippen LogP contribution >= 0.6 is 0 Å². The van der Waals surface area contributed by atoms with Gasteiger partial charge in [-0.25, -0.2) is 0 Å². The van der Waals surface area contributed by atoms with E-state index in [-0.39, 0.29) is 47.5 Å². The van der Waals surface area contributed by atoms with Gasteiger partial charge < -0.3 is 19.3 Å². The summed E-state index contributed by atoms with van der Waals surface area (Å²) in [6, 6.07) is 0. The van der Waals surface area contributed by atoms with Crippen LogP contribution in [0.3, 0.4) is 0 Å². The third kappa shape index (κ3) is 2.82. The highest BCUT2D eigenvalue weighted by molar-refractivity contribution is 5.90. The maximum Gasteiger partial charge on any atom is 0.303 e. The lowest BCUT2D eigenvalue weighted by Gasteiger charge is -2.59. The van der Waals surface area contributed by atoms with Crippen molar-refractivity contribution in [3.63, 3.8) is 0 Å². The number of carbonyl (C=O) groups excluding carboxylic acids is 3. The standard InChI is InChI=1S/C25H36O7/c1-14(26)30-13-20(28)24(29)10-7-18-17-11-21-25(32-21)12-16(31-15(2)27)5-8-23(25,4)19(17)6-9-22(18,24)3/h16-19,21,29H,5-13H2,1-4H3/t16-,17-,18-,19-,21-,22-,23+,24-,25-/m0/s1. The molecule has 4 saturated carbocycles. The fourth-order valence-electron chi connectivity index (χ4n) is 8.74. The molecule has 5 fully saturated rings. The Morgan fingerprint density at radius 1 is 0.969 bits per heavy atom. The van der Waals surface area contributed by atoms with Gasteiger partial charge in [0.1, 0.15) is 17.3 Å². The molecule has 4 aliphatic carbocycles. The maximum absolute atomic E-state index is 13.0. The maximum atomic E-state index is 13.0. The van der Waals surface area contributed by atoms with E-state index in [0.717, 1.165) is 44.9 Å². The Balaban J connectivity index is 1.38. The van der Waals surface area contributed by atoms with Crippen LogP contribution in [0.1, 0.15) is 79.1 Å². The second-order valence-corrected chi connectivity index (χ2v) is 11.6. The van der Waals surface area contributed by atoms with Gasteiger partial charge in [0.05, 0.1) is 6.10 Å². The summed E-state index contributed by atoms with van der Waals surface area (Å²) >= 11 is 0. The highest BCUT2D eigenvalue weighted by Gasteiger charge is 2.77. The van der Waals surface area contributed by atoms with Crippen LogP contribution in [-0.2, 0) is 28.6 Å². The van der Waals surface area contributed by atoms with Gasteiger partial charge in [-0.15, -0.1) is 0 Å². The van der Waals surface area contributed by atoms with Crippen LogP contribution in [0, 0.1) is 28.6 Å². The Morgan fingerprint density at radius 3 is 2.31 bits per heavy atom. The van der Waals surface area contributed by atoms with Gasteiger partial charge in [0.15, 0.2) is 6.61 Å². The molecular formula is C25H36O7. The zero-order chi connectivity index (χ0) is 23.1. The van der Waals surface area contributed by atoms with E-state index in [2.05, 4.69) is 13.8 Å². The van der Waals surface area contributed by atoms with Crippen LogP contribution in [0.25, 0.3) is 0 Å². The molecule has 1 N–H and O–H groups in total. The first-order valence-corrected chi connectivity index (χ1v) is 12.2. The van der Waals surface area contributed by atoms with Gasteiger partial charge >= 0.3 is 11.9 Å². The van der Waals surface area contributed by atoms with E-state index in [1.165, 1.54) is 13.8 Å². The van der Waals surface area contributed by atoms with E-state index in [9.17, 15) is 19.5 Å². The predicted molar refractivity (Wildman–Crippen MR) is 113 cm³/mol. The number of ether oxygens (including phenoxy) is 3. The average molecular weight is 449 g/mol. The van der Waals surface area contributed by atoms with E-state index in [1.54, 1.807) is 0 Å². The fourth-order valence-corrected chi connectivity index (χ4v) is 8.74. The first-order chi connectivity index (χ1) is 15.0. The molecule has 1 aliphatic heterocycles. The van der Waals surface area contributed by atoms with Crippen molar-refractivity contribution in [3.05, 3.63) is 0 Å². The van der Waals surface area contributed by atoms with Crippen molar-refractivity contribution in [2.45, 2.75) is 102 Å². The Kier molecular flexibility index (Phi) is 4.90. The molecule has 5 rings (SSSR count). The minimum absolute atomic E-state index is 0.0288. The lowest BCUT2D eigenvalue weighted by molar-refractivity contribution is -0.175. The molecule has 0 aromatic heterocycles. The summed E-state index contributed by atoms with van der Waals surface area (Å²) in [5.74, 6) is 0.0358. The number of ketones is 1. The molecule has 0 aromatic carbocycles. The molecule has 0 unspecified atom stereocenters. The molecule has 178 valence electrons. The number of hydrogen-bond acceptors (Lipinski definition) is 7. The smallest absolute Gasteiger partial charge is 0.303 e. The number of aliphatic hydroxyl groups is 1. The number of esters is 2. The van der Waals surface area contributed by atoms with E-state index in [1.807, 2.05) is 0 Å². The molecule has 0 amide bonds. The lowest BCUT2D eigenvalue weighted by atomic mass is 9.44. The summed E-state index contributed by atoms with van der Waals surface area (Å²) in [5.41, 5.74) is -2.11. The third-order valence-electron chi connectivity index (χ3n) is 10.4. The summed E-state index contributed by atoms with van der Waals surface area (Å²) in [6.07, 6.45) is 6.65. The molecule has 9 atom stereocenters. The molecule has 0 aromatic rings. The SMILES string of the molecule is CC(=O)OCC(=O)[C@@]1(O)CC[C@H]2[C@@H]3C[C@@H]4O[C@@]45C[C@@H](OC(C)=O)CC[C@]5(C)[C@H]3CC[C@@]21C. The molecule has 1 heterocycles. The summed E-state index contributed by atoms with van der Waals surface area (Å²) in [7, 11) is 0. The van der Waals surface area contributed by atoms with Crippen LogP contribution < -0.4 is 0 Å². The lowest BCUT2D eigenvalue weighted by Crippen LogP contribution is -2.61. The highest BCUT2D eigenvalue weighted by Crippen LogP contribution is 2.74. The summed E-state index contributed by atoms with van der Waals surface area (Å²) < 4.78 is 17.0. The quantitative estimate of drug-likeness (QED) is 0.521. The van der Waals surface area contributed by atoms with Gasteiger partial charge in [-0.1, -0.05) is 13.8 Å². The van der Waals surface area contributed by atoms with Crippen LogP contribution in [0.15, 0.2) is 0 Å². The van der Waals surface area contributed by atoms with Gasteiger partial charge in [0, 0.05) is 31.1 Å². The van der Waals surface area contributed by atoms with Gasteiger partial charge in [-0.3, -0.25) is 14.4 Å². The number of carbonyl (C=O) groups is 3. The summed E-state index contributed by atoms with van der Waals surface area (Å²) in [5, 5.41) is 11.6. The minimum Gasteiger partial charge on any atom is -0.462 e. The Labute approximate surface area is 189 Å². The molecule has 1 spiro atoms. The molecule has 0 radical (unpaired) electrons. The highest BCUT2D eigenvalue weighted by atomic mass is 16.6. The largest absolute Gasteiger partial charge is 0.462 e. The number of rotatable bonds is 4. The Bertz CT molecular complexity index is 855. The topological polar surface area (TPSA) is 102 Å². The fraction of sp³-hybridized carbons (Fsp3) is 0.880. The zero-order valence-corrected chi connectivity index (χ0v) is 19.6. The predicted octanol–water partition coefficient (Wildman–Crippen LogP) is 2.96. The Morgan fingerprint density at radius 2 is 1.62 bits per heavy atom. The average Bonchev–Trinajstić information content (AvgIpc) is 3.34. The second-order valence-electron chi connectivity index (χ2n) is 11.6. The van der Waals surface area contributed by atoms with E-state index >= 15 is 0 Å². The van der Waals surface area contributed by atoms with Crippen LogP contribution in [0.5, 0.6) is 0 Å². The summed E-state index contributed by atoms with van der Waals surface area (Å²) in [4.78, 5) is 35.7. The van der Waals surface area contributed by atoms with E-state index < -0.39 is 17.0 Å². The van der Waals surface area contributed by atoms with Gasteiger partial charge in [0.25, 0.3) is 0 Å². The second kappa shape index (κ2) is 7.02. The van der Waals surface area contributed by atoms with Crippen molar-refractivity contribution in [3.8, 4) is 0 Å². The van der Waals surface area contributed by atoms with E-state index in [0.29, 0.717) is 18.3 Å². The zero-order valence-electron chi connectivity index (χ0n) is 19.6. The normalized spacial score (nSPS) is 50.8. The molecule has 1 saturated heterocycles. The Hall–Kier alpha value is -1.47. The van der Waals surface area contributed by atoms with Crippen molar-refractivity contribution in [1.82, 2.24) is 0 Å². The van der Waals surface area contributed by atoms with Gasteiger partial charge in [-0.05, 0) is 62.7 Å². The third-order valence-corrected chi connectivity index (χ3v) is 10.4. The van der Waals surface area contributed by atoms with E-state index in [4.69, 9.17) is 14.2 Å². The molecule has 5 aliphatic rings. The number of fused-ring (bicyclic) bond motifs is 4. The monoisotopic (exact) mass is 448 g/mol. The van der Waals surface area contributed by atoms with Crippen molar-refractivity contribution < 1.29 is 33.7 Å². The molecule has 7 nitrogen and oxygen atoms in total. The van der Waals surface area contributed by atoms with Crippen LogP contribution in [-0.4, -0.2) is 52.8 Å². The van der Waals surface area contributed by atoms with Crippen LogP contribution in [0.4, 0.5) is 0 Å². The first kappa shape index (κ1) is 22.3.